The monoisotopic (exact) mass is 177 g/mol. The summed E-state index contributed by atoms with van der Waals surface area (Å²) in [5.41, 5.74) is 1.23. The van der Waals surface area contributed by atoms with Crippen molar-refractivity contribution in [1.29, 1.82) is 0 Å². The Hall–Kier alpha value is -1.84. The van der Waals surface area contributed by atoms with E-state index in [4.69, 9.17) is 9.94 Å². The summed E-state index contributed by atoms with van der Waals surface area (Å²) in [4.78, 5) is 10.9. The molecule has 0 amide bonds. The van der Waals surface area contributed by atoms with Crippen LogP contribution in [0.15, 0.2) is 40.8 Å². The van der Waals surface area contributed by atoms with Crippen LogP contribution >= 0.6 is 0 Å². The number of hydrogen-bond acceptors (Lipinski definition) is 4. The highest BCUT2D eigenvalue weighted by Crippen LogP contribution is 2.23. The molecule has 1 aliphatic carbocycles. The van der Waals surface area contributed by atoms with Crippen LogP contribution in [0, 0.1) is 0 Å². The predicted molar refractivity (Wildman–Crippen MR) is 45.2 cm³/mol. The third kappa shape index (κ3) is 1.38. The number of esters is 1. The van der Waals surface area contributed by atoms with Gasteiger partial charge in [-0.2, -0.15) is 0 Å². The Kier molecular flexibility index (Phi) is 1.73. The molecule has 0 unspecified atom stereocenters. The Labute approximate surface area is 74.5 Å². The molecule has 0 saturated heterocycles. The van der Waals surface area contributed by atoms with Crippen molar-refractivity contribution in [3.63, 3.8) is 0 Å². The summed E-state index contributed by atoms with van der Waals surface area (Å²) in [6.07, 6.45) is 6.99. The van der Waals surface area contributed by atoms with Crippen molar-refractivity contribution in [3.05, 3.63) is 35.6 Å². The van der Waals surface area contributed by atoms with E-state index in [2.05, 4.69) is 5.16 Å². The van der Waals surface area contributed by atoms with E-state index in [1.165, 1.54) is 6.08 Å². The number of fused-ring (bicyclic) bond motifs is 1. The number of rotatable bonds is 0. The molecule has 1 aliphatic heterocycles. The van der Waals surface area contributed by atoms with Crippen molar-refractivity contribution < 1.29 is 14.7 Å². The van der Waals surface area contributed by atoms with Crippen LogP contribution in [0.5, 0.6) is 0 Å². The highest BCUT2D eigenvalue weighted by Gasteiger charge is 2.18. The third-order valence-corrected chi connectivity index (χ3v) is 1.83. The summed E-state index contributed by atoms with van der Waals surface area (Å²) < 4.78 is 4.93. The fraction of sp³-hybridized carbons (Fsp3) is 0.111. The molecule has 66 valence electrons. The predicted octanol–water partition coefficient (Wildman–Crippen LogP) is 1.14. The van der Waals surface area contributed by atoms with Gasteiger partial charge in [-0.1, -0.05) is 11.2 Å². The summed E-state index contributed by atoms with van der Waals surface area (Å²) in [7, 11) is 0. The van der Waals surface area contributed by atoms with Crippen LogP contribution in [0.4, 0.5) is 0 Å². The Morgan fingerprint density at radius 2 is 2.31 bits per heavy atom. The largest absolute Gasteiger partial charge is 0.426 e. The molecule has 0 spiro atoms. The molecule has 1 heterocycles. The Morgan fingerprint density at radius 1 is 1.46 bits per heavy atom. The van der Waals surface area contributed by atoms with Crippen LogP contribution < -0.4 is 0 Å². The molecular weight excluding hydrogens is 170 g/mol. The molecule has 4 heteroatoms. The molecule has 1 N–H and O–H groups in total. The standard InChI is InChI=1S/C9H7NO3/c11-9-4-2-6-1-3-7(10-12)5-8(6)13-9/h1-3,5,12H,4H2. The molecule has 0 fully saturated rings. The summed E-state index contributed by atoms with van der Waals surface area (Å²) in [5.74, 6) is 0.161. The Bertz CT molecular complexity index is 374. The zero-order valence-electron chi connectivity index (χ0n) is 6.73. The van der Waals surface area contributed by atoms with Crippen molar-refractivity contribution >= 4 is 11.7 Å². The molecule has 13 heavy (non-hydrogen) atoms. The second-order valence-corrected chi connectivity index (χ2v) is 2.70. The lowest BCUT2D eigenvalue weighted by atomic mass is 10.0. The van der Waals surface area contributed by atoms with Crippen molar-refractivity contribution in [2.45, 2.75) is 6.42 Å². The van der Waals surface area contributed by atoms with Gasteiger partial charge in [0, 0.05) is 11.6 Å². The van der Waals surface area contributed by atoms with Crippen LogP contribution in [-0.2, 0) is 9.53 Å². The fourth-order valence-electron chi connectivity index (χ4n) is 1.20. The lowest BCUT2D eigenvalue weighted by Crippen LogP contribution is -2.13. The van der Waals surface area contributed by atoms with E-state index in [9.17, 15) is 4.79 Å². The SMILES string of the molecule is O=C1CC=C2C=CC(=NO)C=C2O1. The second-order valence-electron chi connectivity index (χ2n) is 2.70. The van der Waals surface area contributed by atoms with E-state index in [1.54, 1.807) is 18.2 Å². The highest BCUT2D eigenvalue weighted by atomic mass is 16.5. The molecule has 4 nitrogen and oxygen atoms in total. The maximum atomic E-state index is 10.9. The number of nitrogens with zero attached hydrogens (tertiary/aromatic N) is 1. The minimum atomic E-state index is -0.289. The van der Waals surface area contributed by atoms with E-state index in [0.717, 1.165) is 5.57 Å². The molecule has 2 rings (SSSR count). The number of carbonyl (C=O) groups is 1. The number of allylic oxidation sites excluding steroid dienone is 3. The van der Waals surface area contributed by atoms with Gasteiger partial charge in [-0.05, 0) is 12.2 Å². The zero-order chi connectivity index (χ0) is 9.26. The first kappa shape index (κ1) is 7.79. The zero-order valence-corrected chi connectivity index (χ0v) is 6.73. The number of oxime groups is 1. The number of hydrogen-bond donors (Lipinski definition) is 1. The van der Waals surface area contributed by atoms with Gasteiger partial charge in [-0.25, -0.2) is 0 Å². The average molecular weight is 177 g/mol. The van der Waals surface area contributed by atoms with Crippen LogP contribution in [0.3, 0.4) is 0 Å². The molecule has 0 radical (unpaired) electrons. The molecular formula is C9H7NO3. The minimum Gasteiger partial charge on any atom is -0.426 e. The van der Waals surface area contributed by atoms with Gasteiger partial charge in [-0.15, -0.1) is 0 Å². The van der Waals surface area contributed by atoms with Gasteiger partial charge in [0.15, 0.2) is 0 Å². The molecule has 0 bridgehead atoms. The van der Waals surface area contributed by atoms with E-state index in [0.29, 0.717) is 17.9 Å². The summed E-state index contributed by atoms with van der Waals surface area (Å²) in [6, 6.07) is 0. The second kappa shape index (κ2) is 2.90. The summed E-state index contributed by atoms with van der Waals surface area (Å²) >= 11 is 0. The molecule has 0 aromatic carbocycles. The van der Waals surface area contributed by atoms with Gasteiger partial charge in [0.2, 0.25) is 0 Å². The van der Waals surface area contributed by atoms with Gasteiger partial charge in [-0.3, -0.25) is 4.79 Å². The normalized spacial score (nSPS) is 23.4. The first-order valence-electron chi connectivity index (χ1n) is 3.82. The van der Waals surface area contributed by atoms with Crippen molar-refractivity contribution in [3.8, 4) is 0 Å². The third-order valence-electron chi connectivity index (χ3n) is 1.83. The van der Waals surface area contributed by atoms with Crippen LogP contribution in [0.1, 0.15) is 6.42 Å². The summed E-state index contributed by atoms with van der Waals surface area (Å²) in [6.45, 7) is 0. The van der Waals surface area contributed by atoms with Crippen LogP contribution in [0.2, 0.25) is 0 Å². The van der Waals surface area contributed by atoms with Crippen molar-refractivity contribution in [2.24, 2.45) is 5.16 Å². The average Bonchev–Trinajstić information content (AvgIpc) is 2.16. The van der Waals surface area contributed by atoms with E-state index in [1.807, 2.05) is 0 Å². The topological polar surface area (TPSA) is 58.9 Å². The van der Waals surface area contributed by atoms with E-state index >= 15 is 0 Å². The van der Waals surface area contributed by atoms with E-state index < -0.39 is 0 Å². The first-order chi connectivity index (χ1) is 6.29. The number of carbonyl (C=O) groups excluding carboxylic acids is 1. The minimum absolute atomic E-state index is 0.289. The van der Waals surface area contributed by atoms with Gasteiger partial charge in [0.05, 0.1) is 6.42 Å². The maximum Gasteiger partial charge on any atom is 0.315 e. The fourth-order valence-corrected chi connectivity index (χ4v) is 1.20. The Balaban J connectivity index is 2.39. The van der Waals surface area contributed by atoms with Gasteiger partial charge < -0.3 is 9.94 Å². The van der Waals surface area contributed by atoms with Gasteiger partial charge >= 0.3 is 5.97 Å². The Morgan fingerprint density at radius 3 is 3.08 bits per heavy atom. The van der Waals surface area contributed by atoms with Crippen molar-refractivity contribution in [1.82, 2.24) is 0 Å². The molecule has 0 saturated carbocycles. The maximum absolute atomic E-state index is 10.9. The smallest absolute Gasteiger partial charge is 0.315 e. The van der Waals surface area contributed by atoms with Gasteiger partial charge in [0.1, 0.15) is 11.5 Å². The molecule has 2 aliphatic rings. The molecule has 0 aromatic heterocycles. The van der Waals surface area contributed by atoms with Crippen molar-refractivity contribution in [2.75, 3.05) is 0 Å². The van der Waals surface area contributed by atoms with E-state index in [-0.39, 0.29) is 5.97 Å². The lowest BCUT2D eigenvalue weighted by Gasteiger charge is -2.16. The molecule has 0 atom stereocenters. The highest BCUT2D eigenvalue weighted by molar-refractivity contribution is 6.06. The van der Waals surface area contributed by atoms with Crippen LogP contribution in [-0.4, -0.2) is 16.9 Å². The lowest BCUT2D eigenvalue weighted by molar-refractivity contribution is -0.138. The summed E-state index contributed by atoms with van der Waals surface area (Å²) in [5, 5.41) is 11.5. The van der Waals surface area contributed by atoms with Gasteiger partial charge in [0.25, 0.3) is 0 Å². The molecule has 0 aromatic rings. The first-order valence-corrected chi connectivity index (χ1v) is 3.82. The van der Waals surface area contributed by atoms with Crippen LogP contribution in [0.25, 0.3) is 0 Å². The quantitative estimate of drug-likeness (QED) is 0.343. The number of ether oxygens (including phenoxy) is 1.